The van der Waals surface area contributed by atoms with E-state index in [0.29, 0.717) is 19.0 Å². The molecule has 4 rings (SSSR count). The molecule has 7 heteroatoms. The summed E-state index contributed by atoms with van der Waals surface area (Å²) >= 11 is 0. The van der Waals surface area contributed by atoms with E-state index < -0.39 is 0 Å². The zero-order valence-electron chi connectivity index (χ0n) is 14.3. The van der Waals surface area contributed by atoms with E-state index in [2.05, 4.69) is 32.8 Å². The van der Waals surface area contributed by atoms with Crippen molar-refractivity contribution < 1.29 is 4.79 Å². The quantitative estimate of drug-likeness (QED) is 0.803. The molecule has 132 valence electrons. The molecule has 25 heavy (non-hydrogen) atoms. The molecule has 0 aromatic carbocycles. The fourth-order valence-corrected chi connectivity index (χ4v) is 3.71. The summed E-state index contributed by atoms with van der Waals surface area (Å²) in [6.07, 6.45) is 11.5. The third-order valence-electron chi connectivity index (χ3n) is 5.10. The highest BCUT2D eigenvalue weighted by Crippen LogP contribution is 2.26. The lowest BCUT2D eigenvalue weighted by atomic mass is 9.94. The Labute approximate surface area is 146 Å². The number of allylic oxidation sites excluding steroid dienone is 2. The first-order valence-corrected chi connectivity index (χ1v) is 9.14. The fraction of sp³-hybridized carbons (Fsp3) is 0.556. The molecule has 1 amide bonds. The molecule has 1 aliphatic carbocycles. The number of hydrogen-bond acceptors (Lipinski definition) is 5. The van der Waals surface area contributed by atoms with Crippen molar-refractivity contribution in [1.29, 1.82) is 0 Å². The van der Waals surface area contributed by atoms with Crippen LogP contribution in [0.4, 0.5) is 0 Å². The van der Waals surface area contributed by atoms with Crippen LogP contribution < -0.4 is 10.6 Å². The van der Waals surface area contributed by atoms with E-state index in [0.717, 1.165) is 55.6 Å². The number of nitrogens with one attached hydrogen (secondary N) is 2. The van der Waals surface area contributed by atoms with Crippen LogP contribution in [0.15, 0.2) is 24.5 Å². The molecule has 2 N–H and O–H groups in total. The fourth-order valence-electron chi connectivity index (χ4n) is 3.71. The predicted molar refractivity (Wildman–Crippen MR) is 95.0 cm³/mol. The van der Waals surface area contributed by atoms with E-state index in [4.69, 9.17) is 5.10 Å². The second-order valence-electron chi connectivity index (χ2n) is 6.80. The third-order valence-corrected chi connectivity index (χ3v) is 5.10. The number of hydrogen-bond donors (Lipinski definition) is 2. The number of carbonyl (C=O) groups is 1. The number of rotatable bonds is 5. The van der Waals surface area contributed by atoms with Gasteiger partial charge in [-0.05, 0) is 32.2 Å². The van der Waals surface area contributed by atoms with Gasteiger partial charge < -0.3 is 10.6 Å². The average Bonchev–Trinajstić information content (AvgIpc) is 3.30. The molecule has 3 heterocycles. The van der Waals surface area contributed by atoms with Gasteiger partial charge in [0.15, 0.2) is 5.65 Å². The van der Waals surface area contributed by atoms with Crippen LogP contribution in [-0.2, 0) is 11.3 Å². The SMILES string of the molecule is O=C(NCCn1nc(C2CCNC2)c2nccnc21)C1CC=CCC1. The van der Waals surface area contributed by atoms with Gasteiger partial charge >= 0.3 is 0 Å². The van der Waals surface area contributed by atoms with Crippen molar-refractivity contribution in [2.75, 3.05) is 19.6 Å². The van der Waals surface area contributed by atoms with Crippen molar-refractivity contribution in [2.45, 2.75) is 38.1 Å². The van der Waals surface area contributed by atoms with E-state index in [1.165, 1.54) is 0 Å². The molecule has 0 bridgehead atoms. The van der Waals surface area contributed by atoms with Crippen LogP contribution in [0.3, 0.4) is 0 Å². The van der Waals surface area contributed by atoms with Crippen molar-refractivity contribution >= 4 is 17.1 Å². The van der Waals surface area contributed by atoms with Crippen molar-refractivity contribution in [3.8, 4) is 0 Å². The van der Waals surface area contributed by atoms with Gasteiger partial charge in [0.1, 0.15) is 5.52 Å². The number of aromatic nitrogens is 4. The summed E-state index contributed by atoms with van der Waals surface area (Å²) in [6.45, 7) is 3.14. The van der Waals surface area contributed by atoms with Gasteiger partial charge in [-0.25, -0.2) is 14.6 Å². The van der Waals surface area contributed by atoms with E-state index in [1.807, 2.05) is 4.68 Å². The second kappa shape index (κ2) is 7.31. The Hall–Kier alpha value is -2.28. The van der Waals surface area contributed by atoms with Gasteiger partial charge in [0, 0.05) is 37.3 Å². The maximum atomic E-state index is 12.3. The highest BCUT2D eigenvalue weighted by molar-refractivity contribution is 5.79. The minimum absolute atomic E-state index is 0.110. The zero-order valence-corrected chi connectivity index (χ0v) is 14.3. The van der Waals surface area contributed by atoms with Crippen LogP contribution in [0, 0.1) is 5.92 Å². The van der Waals surface area contributed by atoms with Gasteiger partial charge in [-0.1, -0.05) is 12.2 Å². The first-order chi connectivity index (χ1) is 12.3. The van der Waals surface area contributed by atoms with Crippen LogP contribution in [0.5, 0.6) is 0 Å². The Morgan fingerprint density at radius 2 is 2.20 bits per heavy atom. The van der Waals surface area contributed by atoms with Crippen LogP contribution in [0.25, 0.3) is 11.2 Å². The van der Waals surface area contributed by atoms with E-state index in [1.54, 1.807) is 12.4 Å². The molecule has 1 saturated heterocycles. The Bertz CT molecular complexity index is 777. The minimum atomic E-state index is 0.110. The number of nitrogens with zero attached hydrogens (tertiary/aromatic N) is 4. The van der Waals surface area contributed by atoms with Gasteiger partial charge in [0.05, 0.1) is 12.2 Å². The maximum Gasteiger partial charge on any atom is 0.223 e. The lowest BCUT2D eigenvalue weighted by Gasteiger charge is -2.17. The van der Waals surface area contributed by atoms with Crippen LogP contribution in [-0.4, -0.2) is 45.3 Å². The molecule has 1 fully saturated rings. The van der Waals surface area contributed by atoms with Crippen LogP contribution in [0.2, 0.25) is 0 Å². The highest BCUT2D eigenvalue weighted by Gasteiger charge is 2.24. The third kappa shape index (κ3) is 3.42. The molecule has 0 saturated carbocycles. The van der Waals surface area contributed by atoms with Crippen molar-refractivity contribution in [2.24, 2.45) is 5.92 Å². The molecule has 2 unspecified atom stereocenters. The topological polar surface area (TPSA) is 84.7 Å². The first kappa shape index (κ1) is 16.2. The van der Waals surface area contributed by atoms with Crippen molar-refractivity contribution in [1.82, 2.24) is 30.4 Å². The summed E-state index contributed by atoms with van der Waals surface area (Å²) < 4.78 is 1.89. The predicted octanol–water partition coefficient (Wildman–Crippen LogP) is 1.38. The van der Waals surface area contributed by atoms with Crippen LogP contribution in [0.1, 0.15) is 37.3 Å². The molecule has 0 radical (unpaired) electrons. The molecule has 1 aliphatic heterocycles. The van der Waals surface area contributed by atoms with Crippen molar-refractivity contribution in [3.05, 3.63) is 30.2 Å². The lowest BCUT2D eigenvalue weighted by molar-refractivity contribution is -0.125. The molecule has 0 spiro atoms. The summed E-state index contributed by atoms with van der Waals surface area (Å²) in [5, 5.41) is 11.2. The molecular formula is C18H24N6O. The smallest absolute Gasteiger partial charge is 0.223 e. The second-order valence-corrected chi connectivity index (χ2v) is 6.80. The van der Waals surface area contributed by atoms with Gasteiger partial charge in [0.2, 0.25) is 5.91 Å². The molecule has 2 aromatic rings. The number of fused-ring (bicyclic) bond motifs is 1. The highest BCUT2D eigenvalue weighted by atomic mass is 16.1. The minimum Gasteiger partial charge on any atom is -0.354 e. The zero-order chi connectivity index (χ0) is 17.1. The monoisotopic (exact) mass is 340 g/mol. The van der Waals surface area contributed by atoms with Gasteiger partial charge in [-0.2, -0.15) is 5.10 Å². The van der Waals surface area contributed by atoms with Gasteiger partial charge in [0.25, 0.3) is 0 Å². The van der Waals surface area contributed by atoms with Crippen molar-refractivity contribution in [3.63, 3.8) is 0 Å². The molecule has 2 atom stereocenters. The summed E-state index contributed by atoms with van der Waals surface area (Å²) in [6, 6.07) is 0. The van der Waals surface area contributed by atoms with Crippen LogP contribution >= 0.6 is 0 Å². The Morgan fingerprint density at radius 3 is 3.00 bits per heavy atom. The molecule has 2 aliphatic rings. The summed E-state index contributed by atoms with van der Waals surface area (Å²) in [7, 11) is 0. The summed E-state index contributed by atoms with van der Waals surface area (Å²) in [4.78, 5) is 21.2. The van der Waals surface area contributed by atoms with E-state index in [9.17, 15) is 4.79 Å². The Balaban J connectivity index is 1.44. The maximum absolute atomic E-state index is 12.3. The van der Waals surface area contributed by atoms with E-state index in [-0.39, 0.29) is 11.8 Å². The standard InChI is InChI=1S/C18H24N6O/c25-18(13-4-2-1-3-5-13)22-10-11-24-17-16(20-8-9-21-17)15(23-24)14-6-7-19-12-14/h1-2,8-9,13-14,19H,3-7,10-12H2,(H,22,25). The Morgan fingerprint density at radius 1 is 1.28 bits per heavy atom. The number of amides is 1. The summed E-state index contributed by atoms with van der Waals surface area (Å²) in [5.41, 5.74) is 2.72. The summed E-state index contributed by atoms with van der Waals surface area (Å²) in [5.74, 6) is 0.649. The largest absolute Gasteiger partial charge is 0.354 e. The number of carbonyl (C=O) groups excluding carboxylic acids is 1. The average molecular weight is 340 g/mol. The molecular weight excluding hydrogens is 316 g/mol. The Kier molecular flexibility index (Phi) is 4.74. The first-order valence-electron chi connectivity index (χ1n) is 9.14. The van der Waals surface area contributed by atoms with E-state index >= 15 is 0 Å². The molecule has 7 nitrogen and oxygen atoms in total. The van der Waals surface area contributed by atoms with Gasteiger partial charge in [-0.15, -0.1) is 0 Å². The molecule has 2 aromatic heterocycles. The van der Waals surface area contributed by atoms with Gasteiger partial charge in [-0.3, -0.25) is 4.79 Å². The normalized spacial score (nSPS) is 23.2. The lowest BCUT2D eigenvalue weighted by Crippen LogP contribution is -2.33.